The molecule has 0 saturated carbocycles. The molecule has 1 aliphatic rings. The second-order valence-corrected chi connectivity index (χ2v) is 4.29. The fourth-order valence-electron chi connectivity index (χ4n) is 1.98. The molecular formula is C14H19ClNO4-. The number of para-hydroxylation sites is 1. The zero-order chi connectivity index (χ0) is 13.5. The van der Waals surface area contributed by atoms with Crippen LogP contribution >= 0.6 is 0 Å². The number of nitrogens with zero attached hydrogens (tertiary/aromatic N) is 1. The minimum Gasteiger partial charge on any atom is -1.00 e. The zero-order valence-corrected chi connectivity index (χ0v) is 12.3. The van der Waals surface area contributed by atoms with Crippen LogP contribution in [-0.2, 0) is 9.47 Å². The number of hydrogen-bond acceptors (Lipinski definition) is 5. The molecule has 1 fully saturated rings. The van der Waals surface area contributed by atoms with Gasteiger partial charge in [-0.2, -0.15) is 0 Å². The number of ether oxygens (including phenoxy) is 3. The monoisotopic (exact) mass is 300 g/mol. The molecule has 0 bridgehead atoms. The number of carbonyl (C=O) groups is 1. The third-order valence-corrected chi connectivity index (χ3v) is 3.07. The number of hydrogen-bond donors (Lipinski definition) is 0. The Bertz CT molecular complexity index is 421. The Morgan fingerprint density at radius 2 is 2.00 bits per heavy atom. The molecular weight excluding hydrogens is 282 g/mol. The predicted molar refractivity (Wildman–Crippen MR) is 70.5 cm³/mol. The second kappa shape index (κ2) is 8.79. The lowest BCUT2D eigenvalue weighted by atomic mass is 10.2. The molecule has 0 atom stereocenters. The highest BCUT2D eigenvalue weighted by Gasteiger charge is 2.14. The van der Waals surface area contributed by atoms with E-state index in [1.165, 1.54) is 0 Å². The Morgan fingerprint density at radius 3 is 2.70 bits per heavy atom. The van der Waals surface area contributed by atoms with Crippen LogP contribution in [-0.4, -0.2) is 57.4 Å². The summed E-state index contributed by atoms with van der Waals surface area (Å²) in [4.78, 5) is 14.1. The largest absolute Gasteiger partial charge is 1.00 e. The van der Waals surface area contributed by atoms with Gasteiger partial charge in [0, 0.05) is 19.6 Å². The van der Waals surface area contributed by atoms with Crippen molar-refractivity contribution in [2.45, 2.75) is 0 Å². The fraction of sp³-hybridized carbons (Fsp3) is 0.500. The van der Waals surface area contributed by atoms with Crippen molar-refractivity contribution >= 4 is 5.97 Å². The van der Waals surface area contributed by atoms with Gasteiger partial charge in [-0.25, -0.2) is 4.79 Å². The summed E-state index contributed by atoms with van der Waals surface area (Å²) in [5.74, 6) is 0.199. The summed E-state index contributed by atoms with van der Waals surface area (Å²) in [5, 5.41) is 0. The van der Waals surface area contributed by atoms with Gasteiger partial charge < -0.3 is 26.6 Å². The number of halogens is 1. The molecule has 6 heteroatoms. The van der Waals surface area contributed by atoms with Gasteiger partial charge in [0.05, 0.1) is 20.3 Å². The van der Waals surface area contributed by atoms with Crippen LogP contribution < -0.4 is 17.1 Å². The van der Waals surface area contributed by atoms with E-state index in [0.717, 1.165) is 32.8 Å². The molecule has 1 aliphatic heterocycles. The average molecular weight is 301 g/mol. The van der Waals surface area contributed by atoms with Crippen LogP contribution in [0.3, 0.4) is 0 Å². The Kier molecular flexibility index (Phi) is 7.36. The molecule has 0 aromatic heterocycles. The van der Waals surface area contributed by atoms with Gasteiger partial charge >= 0.3 is 5.97 Å². The first-order valence-electron chi connectivity index (χ1n) is 6.41. The van der Waals surface area contributed by atoms with Crippen molar-refractivity contribution in [3.8, 4) is 5.75 Å². The molecule has 5 nitrogen and oxygen atoms in total. The van der Waals surface area contributed by atoms with Gasteiger partial charge in [-0.15, -0.1) is 0 Å². The van der Waals surface area contributed by atoms with E-state index in [9.17, 15) is 4.79 Å². The molecule has 2 rings (SSSR count). The van der Waals surface area contributed by atoms with E-state index in [2.05, 4.69) is 4.90 Å². The smallest absolute Gasteiger partial charge is 0.341 e. The van der Waals surface area contributed by atoms with E-state index in [-0.39, 0.29) is 18.4 Å². The van der Waals surface area contributed by atoms with Gasteiger partial charge in [0.1, 0.15) is 17.9 Å². The van der Waals surface area contributed by atoms with Crippen LogP contribution in [0.15, 0.2) is 24.3 Å². The summed E-state index contributed by atoms with van der Waals surface area (Å²) < 4.78 is 15.7. The molecule has 1 aromatic rings. The van der Waals surface area contributed by atoms with E-state index < -0.39 is 0 Å². The minimum absolute atomic E-state index is 0. The molecule has 112 valence electrons. The Morgan fingerprint density at radius 1 is 1.30 bits per heavy atom. The molecule has 0 spiro atoms. The van der Waals surface area contributed by atoms with Crippen molar-refractivity contribution in [3.05, 3.63) is 29.8 Å². The Balaban J connectivity index is 0.00000200. The maximum atomic E-state index is 11.9. The van der Waals surface area contributed by atoms with Crippen LogP contribution in [0.5, 0.6) is 5.75 Å². The first-order chi connectivity index (χ1) is 9.31. The van der Waals surface area contributed by atoms with E-state index in [4.69, 9.17) is 14.2 Å². The van der Waals surface area contributed by atoms with Crippen molar-refractivity contribution in [1.82, 2.24) is 4.90 Å². The van der Waals surface area contributed by atoms with Gasteiger partial charge in [-0.3, -0.25) is 4.90 Å². The summed E-state index contributed by atoms with van der Waals surface area (Å²) in [7, 11) is 1.54. The fourth-order valence-corrected chi connectivity index (χ4v) is 1.98. The van der Waals surface area contributed by atoms with E-state index >= 15 is 0 Å². The number of carbonyl (C=O) groups excluding carboxylic acids is 1. The van der Waals surface area contributed by atoms with E-state index in [1.807, 2.05) is 6.07 Å². The maximum Gasteiger partial charge on any atom is 0.341 e. The van der Waals surface area contributed by atoms with Crippen molar-refractivity contribution < 1.29 is 31.4 Å². The number of benzene rings is 1. The number of rotatable bonds is 5. The summed E-state index contributed by atoms with van der Waals surface area (Å²) in [6, 6.07) is 7.07. The van der Waals surface area contributed by atoms with Crippen LogP contribution in [0.25, 0.3) is 0 Å². The molecule has 0 unspecified atom stereocenters. The molecule has 0 N–H and O–H groups in total. The zero-order valence-electron chi connectivity index (χ0n) is 11.5. The molecule has 20 heavy (non-hydrogen) atoms. The summed E-state index contributed by atoms with van der Waals surface area (Å²) in [6.07, 6.45) is 0. The summed E-state index contributed by atoms with van der Waals surface area (Å²) in [5.41, 5.74) is 0.465. The van der Waals surface area contributed by atoms with E-state index in [0.29, 0.717) is 17.9 Å². The lowest BCUT2D eigenvalue weighted by Gasteiger charge is -2.26. The third-order valence-electron chi connectivity index (χ3n) is 3.07. The van der Waals surface area contributed by atoms with Crippen molar-refractivity contribution in [1.29, 1.82) is 0 Å². The highest BCUT2D eigenvalue weighted by atomic mass is 35.5. The topological polar surface area (TPSA) is 48.0 Å². The average Bonchev–Trinajstić information content (AvgIpc) is 2.48. The van der Waals surface area contributed by atoms with Gasteiger partial charge in [0.2, 0.25) is 0 Å². The predicted octanol–water partition coefficient (Wildman–Crippen LogP) is -1.81. The SMILES string of the molecule is COc1ccccc1C(=O)OCCN1CCOCC1.[Cl-]. The first-order valence-corrected chi connectivity index (χ1v) is 6.41. The summed E-state index contributed by atoms with van der Waals surface area (Å²) in [6.45, 7) is 4.42. The first kappa shape index (κ1) is 16.8. The molecule has 1 heterocycles. The van der Waals surface area contributed by atoms with Crippen LogP contribution in [0.4, 0.5) is 0 Å². The van der Waals surface area contributed by atoms with Gasteiger partial charge in [-0.1, -0.05) is 12.1 Å². The molecule has 0 aliphatic carbocycles. The molecule has 1 saturated heterocycles. The highest BCUT2D eigenvalue weighted by molar-refractivity contribution is 5.92. The molecule has 0 radical (unpaired) electrons. The summed E-state index contributed by atoms with van der Waals surface area (Å²) >= 11 is 0. The lowest BCUT2D eigenvalue weighted by molar-refractivity contribution is -0.0000383. The van der Waals surface area contributed by atoms with Gasteiger partial charge in [-0.05, 0) is 12.1 Å². The Labute approximate surface area is 125 Å². The quantitative estimate of drug-likeness (QED) is 0.600. The normalized spacial score (nSPS) is 15.2. The maximum absolute atomic E-state index is 11.9. The van der Waals surface area contributed by atoms with Crippen LogP contribution in [0.1, 0.15) is 10.4 Å². The third kappa shape index (κ3) is 4.67. The van der Waals surface area contributed by atoms with Crippen molar-refractivity contribution in [2.24, 2.45) is 0 Å². The molecule has 1 aromatic carbocycles. The minimum atomic E-state index is -0.342. The van der Waals surface area contributed by atoms with Gasteiger partial charge in [0.15, 0.2) is 0 Å². The highest BCUT2D eigenvalue weighted by Crippen LogP contribution is 2.18. The second-order valence-electron chi connectivity index (χ2n) is 4.29. The number of esters is 1. The van der Waals surface area contributed by atoms with Crippen LogP contribution in [0.2, 0.25) is 0 Å². The Hall–Kier alpha value is -1.30. The molecule has 0 amide bonds. The van der Waals surface area contributed by atoms with Gasteiger partial charge in [0.25, 0.3) is 0 Å². The number of morpholine rings is 1. The van der Waals surface area contributed by atoms with E-state index in [1.54, 1.807) is 25.3 Å². The lowest BCUT2D eigenvalue weighted by Crippen LogP contribution is -3.00. The number of methoxy groups -OCH3 is 1. The standard InChI is InChI=1S/C14H19NO4.ClH/c1-17-13-5-3-2-4-12(13)14(16)19-11-8-15-6-9-18-10-7-15;/h2-5H,6-11H2,1H3;1H/p-1. The van der Waals surface area contributed by atoms with Crippen molar-refractivity contribution in [2.75, 3.05) is 46.6 Å². The van der Waals surface area contributed by atoms with Crippen LogP contribution in [0, 0.1) is 0 Å². The van der Waals surface area contributed by atoms with Crippen molar-refractivity contribution in [3.63, 3.8) is 0 Å².